The van der Waals surface area contributed by atoms with Gasteiger partial charge in [0.25, 0.3) is 0 Å². The Labute approximate surface area is 161 Å². The van der Waals surface area contributed by atoms with Gasteiger partial charge in [-0.05, 0) is 30.7 Å². The van der Waals surface area contributed by atoms with Crippen LogP contribution in [0.3, 0.4) is 0 Å². The lowest BCUT2D eigenvalue weighted by molar-refractivity contribution is -0.115. The third-order valence-corrected chi connectivity index (χ3v) is 3.43. The number of nitrogens with zero attached hydrogens (tertiary/aromatic N) is 1. The third kappa shape index (κ3) is 7.06. The lowest BCUT2D eigenvalue weighted by atomic mass is 10.1. The van der Waals surface area contributed by atoms with Gasteiger partial charge < -0.3 is 15.4 Å². The van der Waals surface area contributed by atoms with Crippen LogP contribution in [0.2, 0.25) is 0 Å². The molecule has 0 spiro atoms. The summed E-state index contributed by atoms with van der Waals surface area (Å²) < 4.78 is 5.81. The molecule has 0 radical (unpaired) electrons. The second-order valence-electron chi connectivity index (χ2n) is 5.80. The van der Waals surface area contributed by atoms with Gasteiger partial charge in [0.1, 0.15) is 11.3 Å². The average molecular weight is 388 g/mol. The maximum atomic E-state index is 12.0. The molecule has 0 aliphatic heterocycles. The molecule has 0 bridgehead atoms. The Hall–Kier alpha value is -1.56. The smallest absolute Gasteiger partial charge is 0.238 e. The van der Waals surface area contributed by atoms with Gasteiger partial charge in [-0.15, -0.1) is 24.8 Å². The highest BCUT2D eigenvalue weighted by Gasteiger charge is 2.10. The summed E-state index contributed by atoms with van der Waals surface area (Å²) in [5, 5.41) is 6.93. The van der Waals surface area contributed by atoms with Crippen LogP contribution < -0.4 is 15.4 Å². The summed E-state index contributed by atoms with van der Waals surface area (Å²) in [5.74, 6) is 0.691. The van der Waals surface area contributed by atoms with Crippen molar-refractivity contribution in [3.05, 3.63) is 30.5 Å². The summed E-state index contributed by atoms with van der Waals surface area (Å²) >= 11 is 0. The number of unbranched alkanes of at least 4 members (excludes halogenated alkanes) is 1. The number of amides is 1. The number of anilines is 1. The van der Waals surface area contributed by atoms with Crippen molar-refractivity contribution in [2.45, 2.75) is 39.7 Å². The van der Waals surface area contributed by atoms with Crippen molar-refractivity contribution >= 4 is 47.3 Å². The topological polar surface area (TPSA) is 63.2 Å². The lowest BCUT2D eigenvalue weighted by Gasteiger charge is -2.13. The molecule has 0 unspecified atom stereocenters. The number of ether oxygens (including phenoxy) is 1. The van der Waals surface area contributed by atoms with Gasteiger partial charge in [-0.3, -0.25) is 9.78 Å². The second kappa shape index (κ2) is 11.9. The zero-order chi connectivity index (χ0) is 16.7. The predicted octanol–water partition coefficient (Wildman–Crippen LogP) is 4.19. The number of rotatable bonds is 8. The number of halogens is 2. The largest absolute Gasteiger partial charge is 0.491 e. The highest BCUT2D eigenvalue weighted by atomic mass is 35.5. The Kier molecular flexibility index (Phi) is 11.2. The summed E-state index contributed by atoms with van der Waals surface area (Å²) in [5.41, 5.74) is 1.53. The van der Waals surface area contributed by atoms with E-state index in [0.717, 1.165) is 35.2 Å². The number of aromatic nitrogens is 1. The number of nitrogens with one attached hydrogen (secondary N) is 2. The number of benzene rings is 1. The molecule has 0 aliphatic carbocycles. The highest BCUT2D eigenvalue weighted by Crippen LogP contribution is 2.30. The fourth-order valence-electron chi connectivity index (χ4n) is 2.19. The van der Waals surface area contributed by atoms with Gasteiger partial charge in [0.2, 0.25) is 5.91 Å². The second-order valence-corrected chi connectivity index (χ2v) is 5.80. The van der Waals surface area contributed by atoms with E-state index in [0.29, 0.717) is 6.61 Å². The third-order valence-electron chi connectivity index (χ3n) is 3.43. The zero-order valence-corrected chi connectivity index (χ0v) is 16.5. The van der Waals surface area contributed by atoms with Crippen LogP contribution in [0.4, 0.5) is 5.69 Å². The molecule has 25 heavy (non-hydrogen) atoms. The molecule has 2 aromatic rings. The minimum Gasteiger partial charge on any atom is -0.491 e. The van der Waals surface area contributed by atoms with E-state index >= 15 is 0 Å². The minimum atomic E-state index is -0.0662. The van der Waals surface area contributed by atoms with Crippen molar-refractivity contribution in [1.29, 1.82) is 0 Å². The van der Waals surface area contributed by atoms with Gasteiger partial charge in [0, 0.05) is 17.6 Å². The SMILES string of the molecule is CCCCOc1ccc(NC(=O)CNC(C)C)c2cccnc12.Cl.Cl. The molecule has 0 saturated carbocycles. The summed E-state index contributed by atoms with van der Waals surface area (Å²) in [7, 11) is 0. The van der Waals surface area contributed by atoms with Crippen LogP contribution in [0.25, 0.3) is 10.9 Å². The molecule has 0 saturated heterocycles. The molecule has 7 heteroatoms. The number of carbonyl (C=O) groups is 1. The number of carbonyl (C=O) groups excluding carboxylic acids is 1. The lowest BCUT2D eigenvalue weighted by Crippen LogP contribution is -2.32. The molecule has 0 fully saturated rings. The molecule has 1 heterocycles. The summed E-state index contributed by atoms with van der Waals surface area (Å²) in [6.45, 7) is 7.11. The molecule has 1 aromatic heterocycles. The number of hydrogen-bond donors (Lipinski definition) is 2. The minimum absolute atomic E-state index is 0. The Balaban J connectivity index is 0.00000288. The van der Waals surface area contributed by atoms with Crippen molar-refractivity contribution in [3.8, 4) is 5.75 Å². The summed E-state index contributed by atoms with van der Waals surface area (Å²) in [6, 6.07) is 7.82. The Bertz CT molecular complexity index is 666. The fourth-order valence-corrected chi connectivity index (χ4v) is 2.19. The molecule has 5 nitrogen and oxygen atoms in total. The number of hydrogen-bond acceptors (Lipinski definition) is 4. The van der Waals surface area contributed by atoms with Crippen molar-refractivity contribution in [2.75, 3.05) is 18.5 Å². The first kappa shape index (κ1) is 23.4. The van der Waals surface area contributed by atoms with E-state index in [4.69, 9.17) is 4.74 Å². The fraction of sp³-hybridized carbons (Fsp3) is 0.444. The Morgan fingerprint density at radius 1 is 1.24 bits per heavy atom. The van der Waals surface area contributed by atoms with E-state index in [1.807, 2.05) is 38.1 Å². The first-order chi connectivity index (χ1) is 11.1. The van der Waals surface area contributed by atoms with E-state index in [1.54, 1.807) is 6.20 Å². The van der Waals surface area contributed by atoms with Crippen LogP contribution in [0.5, 0.6) is 5.75 Å². The first-order valence-corrected chi connectivity index (χ1v) is 8.15. The molecular weight excluding hydrogens is 361 g/mol. The van der Waals surface area contributed by atoms with Crippen molar-refractivity contribution in [3.63, 3.8) is 0 Å². The van der Waals surface area contributed by atoms with E-state index in [-0.39, 0.29) is 43.3 Å². The van der Waals surface area contributed by atoms with Crippen LogP contribution >= 0.6 is 24.8 Å². The molecule has 140 valence electrons. The summed E-state index contributed by atoms with van der Waals surface area (Å²) in [6.07, 6.45) is 3.83. The van der Waals surface area contributed by atoms with Crippen LogP contribution in [0.15, 0.2) is 30.5 Å². The quantitative estimate of drug-likeness (QED) is 0.666. The zero-order valence-electron chi connectivity index (χ0n) is 14.9. The molecular formula is C18H27Cl2N3O2. The van der Waals surface area contributed by atoms with Gasteiger partial charge in [0.15, 0.2) is 0 Å². The van der Waals surface area contributed by atoms with Crippen LogP contribution in [0, 0.1) is 0 Å². The van der Waals surface area contributed by atoms with Crippen molar-refractivity contribution < 1.29 is 9.53 Å². The average Bonchev–Trinajstić information content (AvgIpc) is 2.55. The van der Waals surface area contributed by atoms with Crippen LogP contribution in [0.1, 0.15) is 33.6 Å². The maximum absolute atomic E-state index is 12.0. The Morgan fingerprint density at radius 3 is 2.68 bits per heavy atom. The molecule has 1 amide bonds. The normalized spacial score (nSPS) is 10.1. The summed E-state index contributed by atoms with van der Waals surface area (Å²) in [4.78, 5) is 16.4. The van der Waals surface area contributed by atoms with Gasteiger partial charge in [0.05, 0.1) is 18.8 Å². The van der Waals surface area contributed by atoms with Gasteiger partial charge >= 0.3 is 0 Å². The standard InChI is InChI=1S/C18H25N3O2.2ClH/c1-4-5-11-23-16-9-8-15(14-7-6-10-19-18(14)16)21-17(22)12-20-13(2)3;;/h6-10,13,20H,4-5,11-12H2,1-3H3,(H,21,22);2*1H. The molecule has 2 N–H and O–H groups in total. The predicted molar refractivity (Wildman–Crippen MR) is 108 cm³/mol. The van der Waals surface area contributed by atoms with E-state index < -0.39 is 0 Å². The van der Waals surface area contributed by atoms with Crippen molar-refractivity contribution in [2.24, 2.45) is 0 Å². The van der Waals surface area contributed by atoms with Crippen molar-refractivity contribution in [1.82, 2.24) is 10.3 Å². The monoisotopic (exact) mass is 387 g/mol. The Morgan fingerprint density at radius 2 is 2.00 bits per heavy atom. The molecule has 0 atom stereocenters. The molecule has 2 rings (SSSR count). The van der Waals surface area contributed by atoms with Gasteiger partial charge in [-0.25, -0.2) is 0 Å². The number of fused-ring (bicyclic) bond motifs is 1. The van der Waals surface area contributed by atoms with Crippen LogP contribution in [-0.4, -0.2) is 30.1 Å². The van der Waals surface area contributed by atoms with E-state index in [2.05, 4.69) is 22.5 Å². The maximum Gasteiger partial charge on any atom is 0.238 e. The number of pyridine rings is 1. The highest BCUT2D eigenvalue weighted by molar-refractivity contribution is 6.03. The van der Waals surface area contributed by atoms with E-state index in [9.17, 15) is 4.79 Å². The van der Waals surface area contributed by atoms with E-state index in [1.165, 1.54) is 0 Å². The van der Waals surface area contributed by atoms with Crippen LogP contribution in [-0.2, 0) is 4.79 Å². The first-order valence-electron chi connectivity index (χ1n) is 8.15. The molecule has 1 aromatic carbocycles. The molecule has 0 aliphatic rings. The van der Waals surface area contributed by atoms with Gasteiger partial charge in [-0.1, -0.05) is 27.2 Å². The van der Waals surface area contributed by atoms with Gasteiger partial charge in [-0.2, -0.15) is 0 Å².